The van der Waals surface area contributed by atoms with Crippen LogP contribution in [-0.2, 0) is 0 Å². The minimum atomic E-state index is 0. The van der Waals surface area contributed by atoms with E-state index in [0.717, 1.165) is 5.69 Å². The maximum Gasteiger partial charge on any atom is 1.00 e. The minimum Gasteiger partial charge on any atom is -0.482 e. The second-order valence-corrected chi connectivity index (χ2v) is 1.66. The molecule has 0 bridgehead atoms. The Morgan fingerprint density at radius 3 is 2.44 bits per heavy atom. The molecule has 0 atom stereocenters. The summed E-state index contributed by atoms with van der Waals surface area (Å²) < 4.78 is 0. The quantitative estimate of drug-likeness (QED) is 0.418. The fraction of sp³-hybridized carbons (Fsp3) is 0.167. The minimum absolute atomic E-state index is 0. The van der Waals surface area contributed by atoms with Crippen LogP contribution in [0.1, 0.15) is 5.69 Å². The summed E-state index contributed by atoms with van der Waals surface area (Å²) in [6.07, 6.45) is 0. The van der Waals surface area contributed by atoms with Gasteiger partial charge in [0, 0.05) is 0 Å². The zero-order valence-corrected chi connectivity index (χ0v) is 7.68. The summed E-state index contributed by atoms with van der Waals surface area (Å²) in [5.74, 6) is 0.338. The molecule has 9 heavy (non-hydrogen) atoms. The fourth-order valence-electron chi connectivity index (χ4n) is 0.543. The molecule has 0 saturated heterocycles. The van der Waals surface area contributed by atoms with Crippen LogP contribution in [0.5, 0.6) is 0 Å². The fourth-order valence-corrected chi connectivity index (χ4v) is 0.543. The molecule has 3 heteroatoms. The third-order valence-electron chi connectivity index (χ3n) is 0.888. The summed E-state index contributed by atoms with van der Waals surface area (Å²) >= 11 is 0. The number of nitrogens with one attached hydrogen (secondary N) is 1. The molecule has 0 amide bonds. The van der Waals surface area contributed by atoms with E-state index >= 15 is 0 Å². The largest absolute Gasteiger partial charge is 1.00 e. The van der Waals surface area contributed by atoms with Crippen molar-refractivity contribution in [2.45, 2.75) is 6.92 Å². The maximum absolute atomic E-state index is 7.02. The van der Waals surface area contributed by atoms with Crippen LogP contribution < -0.4 is 29.6 Å². The van der Waals surface area contributed by atoms with E-state index in [9.17, 15) is 0 Å². The summed E-state index contributed by atoms with van der Waals surface area (Å²) in [7, 11) is 0. The standard InChI is InChI=1S/C6H7N2.Na/c1-5-3-2-4-6(7)8-5;/h2-4H,1H3,(H-,7,8);/q-1;+1. The third-order valence-corrected chi connectivity index (χ3v) is 0.888. The Morgan fingerprint density at radius 2 is 2.11 bits per heavy atom. The van der Waals surface area contributed by atoms with Gasteiger partial charge in [-0.25, -0.2) is 0 Å². The van der Waals surface area contributed by atoms with Crippen molar-refractivity contribution in [3.8, 4) is 0 Å². The van der Waals surface area contributed by atoms with Gasteiger partial charge < -0.3 is 10.7 Å². The molecule has 0 aliphatic carbocycles. The number of pyridine rings is 1. The van der Waals surface area contributed by atoms with Crippen LogP contribution in [0.4, 0.5) is 5.82 Å². The molecule has 1 N–H and O–H groups in total. The number of rotatable bonds is 0. The summed E-state index contributed by atoms with van der Waals surface area (Å²) in [6, 6.07) is 5.36. The topological polar surface area (TPSA) is 36.7 Å². The van der Waals surface area contributed by atoms with Crippen molar-refractivity contribution in [2.24, 2.45) is 0 Å². The zero-order valence-electron chi connectivity index (χ0n) is 5.68. The van der Waals surface area contributed by atoms with Crippen molar-refractivity contribution in [3.63, 3.8) is 0 Å². The van der Waals surface area contributed by atoms with E-state index in [4.69, 9.17) is 5.73 Å². The Labute approximate surface area is 76.8 Å². The molecule has 0 radical (unpaired) electrons. The summed E-state index contributed by atoms with van der Waals surface area (Å²) in [5, 5.41) is 0. The van der Waals surface area contributed by atoms with E-state index in [1.54, 1.807) is 6.07 Å². The van der Waals surface area contributed by atoms with E-state index in [2.05, 4.69) is 4.98 Å². The van der Waals surface area contributed by atoms with Gasteiger partial charge in [0.15, 0.2) is 0 Å². The Kier molecular flexibility index (Phi) is 3.86. The van der Waals surface area contributed by atoms with Crippen molar-refractivity contribution in [1.82, 2.24) is 4.98 Å². The van der Waals surface area contributed by atoms with Crippen LogP contribution >= 0.6 is 0 Å². The third kappa shape index (κ3) is 2.84. The molecule has 0 spiro atoms. The second-order valence-electron chi connectivity index (χ2n) is 1.66. The number of nitrogens with zero attached hydrogens (tertiary/aromatic N) is 1. The van der Waals surface area contributed by atoms with Crippen molar-refractivity contribution in [2.75, 3.05) is 0 Å². The van der Waals surface area contributed by atoms with Crippen molar-refractivity contribution >= 4 is 5.82 Å². The molecule has 0 aliphatic heterocycles. The first-order valence-electron chi connectivity index (χ1n) is 2.44. The zero-order chi connectivity index (χ0) is 5.98. The first-order chi connectivity index (χ1) is 3.79. The normalized spacial score (nSPS) is 8.11. The predicted molar refractivity (Wildman–Crippen MR) is 33.0 cm³/mol. The molecule has 42 valence electrons. The molecule has 0 aliphatic rings. The van der Waals surface area contributed by atoms with Crippen LogP contribution in [0.3, 0.4) is 0 Å². The monoisotopic (exact) mass is 130 g/mol. The average Bonchev–Trinajstić information content (AvgIpc) is 1.64. The number of hydrogen-bond acceptors (Lipinski definition) is 1. The Balaban J connectivity index is 0.000000640. The molecular formula is C6H7N2Na. The molecule has 1 aromatic rings. The van der Waals surface area contributed by atoms with Gasteiger partial charge in [-0.2, -0.15) is 0 Å². The van der Waals surface area contributed by atoms with Crippen molar-refractivity contribution < 1.29 is 29.6 Å². The number of hydrogen-bond donors (Lipinski definition) is 0. The SMILES string of the molecule is Cc1cccc([NH-])n1.[Na+]. The van der Waals surface area contributed by atoms with Gasteiger partial charge in [-0.05, 0) is 6.92 Å². The molecule has 2 nitrogen and oxygen atoms in total. The van der Waals surface area contributed by atoms with Crippen LogP contribution in [0.2, 0.25) is 0 Å². The van der Waals surface area contributed by atoms with Gasteiger partial charge in [0.25, 0.3) is 0 Å². The Hall–Kier alpha value is -0.0500. The first-order valence-corrected chi connectivity index (χ1v) is 2.44. The van der Waals surface area contributed by atoms with Crippen molar-refractivity contribution in [3.05, 3.63) is 29.6 Å². The van der Waals surface area contributed by atoms with Crippen LogP contribution in [0, 0.1) is 6.92 Å². The van der Waals surface area contributed by atoms with Gasteiger partial charge in [-0.1, -0.05) is 29.7 Å². The maximum atomic E-state index is 7.02. The molecule has 1 aromatic heterocycles. The molecule has 0 aromatic carbocycles. The number of aryl methyl sites for hydroxylation is 1. The molecule has 0 saturated carbocycles. The summed E-state index contributed by atoms with van der Waals surface area (Å²) in [4.78, 5) is 3.84. The van der Waals surface area contributed by atoms with E-state index < -0.39 is 0 Å². The van der Waals surface area contributed by atoms with E-state index in [-0.39, 0.29) is 29.6 Å². The van der Waals surface area contributed by atoms with Gasteiger partial charge in [0.1, 0.15) is 0 Å². The Morgan fingerprint density at radius 1 is 1.44 bits per heavy atom. The van der Waals surface area contributed by atoms with Crippen LogP contribution in [-0.4, -0.2) is 4.98 Å². The van der Waals surface area contributed by atoms with Gasteiger partial charge in [-0.15, -0.1) is 0 Å². The average molecular weight is 130 g/mol. The molecule has 1 rings (SSSR count). The van der Waals surface area contributed by atoms with Gasteiger partial charge in [0.2, 0.25) is 0 Å². The van der Waals surface area contributed by atoms with Gasteiger partial charge >= 0.3 is 29.6 Å². The van der Waals surface area contributed by atoms with Crippen LogP contribution in [0.25, 0.3) is 5.73 Å². The predicted octanol–water partition coefficient (Wildman–Crippen LogP) is -0.922. The second kappa shape index (κ2) is 3.88. The van der Waals surface area contributed by atoms with Crippen LogP contribution in [0.15, 0.2) is 18.2 Å². The molecular weight excluding hydrogens is 123 g/mol. The van der Waals surface area contributed by atoms with E-state index in [1.807, 2.05) is 19.1 Å². The smallest absolute Gasteiger partial charge is 0.482 e. The number of aromatic nitrogens is 1. The molecule has 0 fully saturated rings. The molecule has 1 heterocycles. The molecule has 0 unspecified atom stereocenters. The van der Waals surface area contributed by atoms with Crippen molar-refractivity contribution in [1.29, 1.82) is 0 Å². The van der Waals surface area contributed by atoms with Gasteiger partial charge in [-0.3, -0.25) is 0 Å². The first kappa shape index (κ1) is 8.95. The summed E-state index contributed by atoms with van der Waals surface area (Å²) in [6.45, 7) is 1.87. The Bertz CT molecular complexity index is 171. The van der Waals surface area contributed by atoms with Gasteiger partial charge in [0.05, 0.1) is 0 Å². The van der Waals surface area contributed by atoms with E-state index in [1.165, 1.54) is 0 Å². The van der Waals surface area contributed by atoms with E-state index in [0.29, 0.717) is 5.82 Å². The summed E-state index contributed by atoms with van der Waals surface area (Å²) in [5.41, 5.74) is 7.93.